The Bertz CT molecular complexity index is 181. The number of fused-ring (bicyclic) bond motifs is 1. The summed E-state index contributed by atoms with van der Waals surface area (Å²) in [6, 6.07) is 0. The van der Waals surface area contributed by atoms with Crippen LogP contribution in [0.1, 0.15) is 0 Å². The zero-order valence-electron chi connectivity index (χ0n) is 5.20. The molecular weight excluding hydrogens is 148 g/mol. The molecule has 0 N–H and O–H groups in total. The predicted molar refractivity (Wildman–Crippen MR) is 45.9 cm³/mol. The molecule has 0 radical (unpaired) electrons. The van der Waals surface area contributed by atoms with Crippen LogP contribution in [0, 0.1) is 0 Å². The van der Waals surface area contributed by atoms with Gasteiger partial charge in [0.15, 0.2) is 0 Å². The highest BCUT2D eigenvalue weighted by Crippen LogP contribution is 2.47. The van der Waals surface area contributed by atoms with E-state index in [-0.39, 0.29) is 0 Å². The predicted octanol–water partition coefficient (Wildman–Crippen LogP) is 2.29. The molecule has 2 unspecified atom stereocenters. The van der Waals surface area contributed by atoms with E-state index in [4.69, 9.17) is 0 Å². The molecule has 2 heteroatoms. The van der Waals surface area contributed by atoms with Gasteiger partial charge in [-0.1, -0.05) is 18.2 Å². The van der Waals surface area contributed by atoms with Crippen molar-refractivity contribution in [2.75, 3.05) is 6.26 Å². The summed E-state index contributed by atoms with van der Waals surface area (Å²) in [6.45, 7) is 0. The van der Waals surface area contributed by atoms with Gasteiger partial charge in [-0.15, -0.1) is 23.5 Å². The van der Waals surface area contributed by atoms with Crippen LogP contribution in [0.15, 0.2) is 23.1 Å². The molecule has 0 saturated carbocycles. The van der Waals surface area contributed by atoms with Gasteiger partial charge in [-0.2, -0.15) is 0 Å². The number of allylic oxidation sites excluding steroid dienone is 1. The Morgan fingerprint density at radius 3 is 3.11 bits per heavy atom. The number of hydrogen-bond acceptors (Lipinski definition) is 2. The van der Waals surface area contributed by atoms with E-state index in [1.807, 2.05) is 23.5 Å². The van der Waals surface area contributed by atoms with E-state index in [0.717, 1.165) is 10.5 Å². The van der Waals surface area contributed by atoms with Crippen LogP contribution in [-0.2, 0) is 0 Å². The molecule has 2 aliphatic rings. The Labute approximate surface area is 63.8 Å². The van der Waals surface area contributed by atoms with Crippen molar-refractivity contribution >= 4 is 23.5 Å². The van der Waals surface area contributed by atoms with Crippen molar-refractivity contribution in [2.24, 2.45) is 0 Å². The Morgan fingerprint density at radius 2 is 2.44 bits per heavy atom. The van der Waals surface area contributed by atoms with Gasteiger partial charge < -0.3 is 0 Å². The van der Waals surface area contributed by atoms with E-state index < -0.39 is 0 Å². The molecule has 48 valence electrons. The molecule has 1 aliphatic carbocycles. The van der Waals surface area contributed by atoms with Gasteiger partial charge >= 0.3 is 0 Å². The summed E-state index contributed by atoms with van der Waals surface area (Å²) in [4.78, 5) is 1.43. The molecule has 0 aromatic heterocycles. The molecule has 2 atom stereocenters. The summed E-state index contributed by atoms with van der Waals surface area (Å²) in [5.41, 5.74) is 0. The topological polar surface area (TPSA) is 0 Å². The monoisotopic (exact) mass is 156 g/mol. The zero-order valence-corrected chi connectivity index (χ0v) is 6.84. The molecule has 2 rings (SSSR count). The van der Waals surface area contributed by atoms with Crippen molar-refractivity contribution < 1.29 is 0 Å². The zero-order chi connectivity index (χ0) is 6.27. The maximum absolute atomic E-state index is 2.36. The molecular formula is C7H8S2. The third-order valence-corrected chi connectivity index (χ3v) is 3.51. The van der Waals surface area contributed by atoms with Crippen LogP contribution in [0.4, 0.5) is 0 Å². The molecule has 1 aliphatic heterocycles. The van der Waals surface area contributed by atoms with Crippen molar-refractivity contribution in [1.82, 2.24) is 0 Å². The Kier molecular flexibility index (Phi) is 1.38. The number of hydrogen-bond donors (Lipinski definition) is 0. The van der Waals surface area contributed by atoms with E-state index in [2.05, 4.69) is 24.5 Å². The minimum Gasteiger partial charge on any atom is -0.144 e. The maximum Gasteiger partial charge on any atom is 0.0401 e. The van der Waals surface area contributed by atoms with Crippen LogP contribution in [0.5, 0.6) is 0 Å². The van der Waals surface area contributed by atoms with Crippen LogP contribution in [0.3, 0.4) is 0 Å². The standard InChI is InChI=1S/C7H8S2/c1-8-5-2-3-6-7(4-5)9-6/h2-4,6-7H,1H3. The van der Waals surface area contributed by atoms with E-state index in [0.29, 0.717) is 0 Å². The van der Waals surface area contributed by atoms with Gasteiger partial charge in [0.2, 0.25) is 0 Å². The minimum absolute atomic E-state index is 0.831. The van der Waals surface area contributed by atoms with E-state index in [9.17, 15) is 0 Å². The van der Waals surface area contributed by atoms with Crippen molar-refractivity contribution in [1.29, 1.82) is 0 Å². The SMILES string of the molecule is CSC1=CC2SC2C=C1. The van der Waals surface area contributed by atoms with Gasteiger partial charge in [0.25, 0.3) is 0 Å². The third kappa shape index (κ3) is 1.06. The second-order valence-corrected chi connectivity index (χ2v) is 4.44. The fourth-order valence-corrected chi connectivity index (χ4v) is 2.39. The smallest absolute Gasteiger partial charge is 0.0401 e. The third-order valence-electron chi connectivity index (χ3n) is 1.58. The van der Waals surface area contributed by atoms with Gasteiger partial charge in [0.05, 0.1) is 0 Å². The fraction of sp³-hybridized carbons (Fsp3) is 0.429. The first-order chi connectivity index (χ1) is 4.40. The lowest BCUT2D eigenvalue weighted by Gasteiger charge is -1.98. The maximum atomic E-state index is 2.36. The van der Waals surface area contributed by atoms with Gasteiger partial charge in [0.1, 0.15) is 0 Å². The van der Waals surface area contributed by atoms with Gasteiger partial charge in [-0.3, -0.25) is 0 Å². The van der Waals surface area contributed by atoms with Crippen LogP contribution >= 0.6 is 23.5 Å². The summed E-state index contributed by atoms with van der Waals surface area (Å²) in [5, 5.41) is 1.67. The fourth-order valence-electron chi connectivity index (χ4n) is 0.968. The van der Waals surface area contributed by atoms with Crippen LogP contribution in [0.25, 0.3) is 0 Å². The van der Waals surface area contributed by atoms with Gasteiger partial charge in [-0.05, 0) is 6.26 Å². The average molecular weight is 156 g/mol. The highest BCUT2D eigenvalue weighted by Gasteiger charge is 2.35. The number of thioether (sulfide) groups is 2. The highest BCUT2D eigenvalue weighted by atomic mass is 32.2. The molecule has 1 fully saturated rings. The molecule has 0 bridgehead atoms. The second kappa shape index (κ2) is 2.10. The summed E-state index contributed by atoms with van der Waals surface area (Å²) in [7, 11) is 0. The van der Waals surface area contributed by atoms with Gasteiger partial charge in [-0.25, -0.2) is 0 Å². The Balaban J connectivity index is 2.16. The van der Waals surface area contributed by atoms with Crippen molar-refractivity contribution in [2.45, 2.75) is 10.5 Å². The number of rotatable bonds is 1. The second-order valence-electron chi connectivity index (χ2n) is 2.20. The first-order valence-corrected chi connectivity index (χ1v) is 5.16. The summed E-state index contributed by atoms with van der Waals surface area (Å²) in [6.07, 6.45) is 9.02. The Morgan fingerprint density at radius 1 is 1.56 bits per heavy atom. The van der Waals surface area contributed by atoms with Crippen molar-refractivity contribution in [3.63, 3.8) is 0 Å². The molecule has 0 amide bonds. The molecule has 0 aromatic rings. The summed E-state index contributed by atoms with van der Waals surface area (Å²) >= 11 is 3.88. The lowest BCUT2D eigenvalue weighted by Crippen LogP contribution is -1.91. The lowest BCUT2D eigenvalue weighted by molar-refractivity contribution is 1.21. The first-order valence-electron chi connectivity index (χ1n) is 2.99. The highest BCUT2D eigenvalue weighted by molar-refractivity contribution is 8.08. The van der Waals surface area contributed by atoms with Crippen LogP contribution in [0.2, 0.25) is 0 Å². The Hall–Kier alpha value is 0.180. The molecule has 0 nitrogen and oxygen atoms in total. The largest absolute Gasteiger partial charge is 0.144 e. The van der Waals surface area contributed by atoms with E-state index >= 15 is 0 Å². The van der Waals surface area contributed by atoms with Crippen LogP contribution in [-0.4, -0.2) is 16.8 Å². The molecule has 9 heavy (non-hydrogen) atoms. The normalized spacial score (nSPS) is 37.7. The molecule has 0 aromatic carbocycles. The quantitative estimate of drug-likeness (QED) is 0.534. The molecule has 1 saturated heterocycles. The minimum atomic E-state index is 0.831. The van der Waals surface area contributed by atoms with Crippen LogP contribution < -0.4 is 0 Å². The van der Waals surface area contributed by atoms with Crippen molar-refractivity contribution in [3.8, 4) is 0 Å². The summed E-state index contributed by atoms with van der Waals surface area (Å²) in [5.74, 6) is 0. The van der Waals surface area contributed by atoms with Crippen molar-refractivity contribution in [3.05, 3.63) is 23.1 Å². The first kappa shape index (κ1) is 5.93. The average Bonchev–Trinajstić information content (AvgIpc) is 2.64. The van der Waals surface area contributed by atoms with E-state index in [1.54, 1.807) is 0 Å². The summed E-state index contributed by atoms with van der Waals surface area (Å²) < 4.78 is 0. The van der Waals surface area contributed by atoms with Gasteiger partial charge in [0, 0.05) is 15.4 Å². The molecule has 1 heterocycles. The lowest BCUT2D eigenvalue weighted by atomic mass is 10.2. The van der Waals surface area contributed by atoms with E-state index in [1.165, 1.54) is 4.91 Å². The molecule has 0 spiro atoms.